The second-order valence-electron chi connectivity index (χ2n) is 9.55. The molecule has 1 aliphatic rings. The van der Waals surface area contributed by atoms with Gasteiger partial charge >= 0.3 is 18.4 Å². The topological polar surface area (TPSA) is 38.8 Å². The van der Waals surface area contributed by atoms with Crippen LogP contribution in [0.5, 0.6) is 0 Å². The van der Waals surface area contributed by atoms with Crippen molar-refractivity contribution < 1.29 is 40.6 Å². The minimum absolute atomic E-state index is 0.0703. The van der Waals surface area contributed by atoms with E-state index in [-0.39, 0.29) is 11.6 Å². The number of amides is 1. The van der Waals surface area contributed by atoms with E-state index in [9.17, 15) is 31.1 Å². The first-order chi connectivity index (χ1) is 16.6. The summed E-state index contributed by atoms with van der Waals surface area (Å²) in [6, 6.07) is 7.31. The van der Waals surface area contributed by atoms with Crippen molar-refractivity contribution in [2.24, 2.45) is 0 Å². The Balaban J connectivity index is 1.94. The maximum absolute atomic E-state index is 13.3. The number of carbonyl (C=O) groups is 1. The zero-order valence-corrected chi connectivity index (χ0v) is 20.6. The van der Waals surface area contributed by atoms with Crippen molar-refractivity contribution in [2.45, 2.75) is 70.3 Å². The van der Waals surface area contributed by atoms with Gasteiger partial charge in [-0.25, -0.2) is 4.79 Å². The zero-order valence-electron chi connectivity index (χ0n) is 19.8. The first-order valence-electron chi connectivity index (χ1n) is 11.2. The van der Waals surface area contributed by atoms with Gasteiger partial charge in [-0.15, -0.1) is 0 Å². The van der Waals surface area contributed by atoms with Crippen LogP contribution < -0.4 is 0 Å². The zero-order chi connectivity index (χ0) is 26.9. The summed E-state index contributed by atoms with van der Waals surface area (Å²) in [5.74, 6) is 0. The van der Waals surface area contributed by atoms with Crippen LogP contribution in [0.3, 0.4) is 0 Å². The van der Waals surface area contributed by atoms with Gasteiger partial charge in [-0.3, -0.25) is 4.90 Å². The molecule has 0 bridgehead atoms. The van der Waals surface area contributed by atoms with Crippen LogP contribution in [0.25, 0.3) is 0 Å². The van der Waals surface area contributed by atoms with Crippen molar-refractivity contribution >= 4 is 17.7 Å². The normalized spacial score (nSPS) is 19.3. The average molecular weight is 538 g/mol. The number of likely N-dealkylation sites (tertiary alicyclic amines) is 1. The van der Waals surface area contributed by atoms with E-state index >= 15 is 0 Å². The first kappa shape index (κ1) is 28.1. The maximum atomic E-state index is 13.3. The lowest BCUT2D eigenvalue weighted by molar-refractivity contribution is -0.143. The van der Waals surface area contributed by atoms with Gasteiger partial charge in [0, 0.05) is 11.6 Å². The summed E-state index contributed by atoms with van der Waals surface area (Å²) in [5, 5.41) is 0.338. The average Bonchev–Trinajstić information content (AvgIpc) is 2.75. The largest absolute Gasteiger partial charge is 0.444 e. The van der Waals surface area contributed by atoms with Gasteiger partial charge in [0.2, 0.25) is 0 Å². The van der Waals surface area contributed by atoms with Crippen molar-refractivity contribution in [3.05, 3.63) is 69.7 Å². The molecule has 1 saturated heterocycles. The van der Waals surface area contributed by atoms with Crippen molar-refractivity contribution in [3.8, 4) is 0 Å². The molecule has 0 N–H and O–H groups in total. The van der Waals surface area contributed by atoms with E-state index < -0.39 is 53.9 Å². The van der Waals surface area contributed by atoms with Crippen LogP contribution in [0.1, 0.15) is 61.9 Å². The fourth-order valence-corrected chi connectivity index (χ4v) is 4.30. The number of nitrogens with zero attached hydrogens (tertiary/aromatic N) is 1. The molecule has 1 aliphatic heterocycles. The first-order valence-corrected chi connectivity index (χ1v) is 11.6. The Morgan fingerprint density at radius 2 is 1.58 bits per heavy atom. The van der Waals surface area contributed by atoms with E-state index in [4.69, 9.17) is 21.1 Å². The highest BCUT2D eigenvalue weighted by atomic mass is 35.5. The van der Waals surface area contributed by atoms with E-state index in [0.717, 1.165) is 0 Å². The lowest BCUT2D eigenvalue weighted by atomic mass is 9.92. The lowest BCUT2D eigenvalue weighted by Crippen LogP contribution is -2.48. The molecular weight excluding hydrogens is 512 g/mol. The van der Waals surface area contributed by atoms with Crippen LogP contribution in [0.15, 0.2) is 42.5 Å². The molecule has 2 aromatic carbocycles. The number of piperidine rings is 1. The molecule has 0 radical (unpaired) electrons. The number of hydrogen-bond donors (Lipinski definition) is 0. The molecular formula is C25H26ClF6NO3. The van der Waals surface area contributed by atoms with Gasteiger partial charge in [0.25, 0.3) is 0 Å². The summed E-state index contributed by atoms with van der Waals surface area (Å²) < 4.78 is 90.9. The Labute approximate surface area is 210 Å². The summed E-state index contributed by atoms with van der Waals surface area (Å²) in [4.78, 5) is 14.4. The van der Waals surface area contributed by atoms with E-state index in [0.29, 0.717) is 42.1 Å². The molecule has 2 atom stereocenters. The molecule has 0 aliphatic carbocycles. The van der Waals surface area contributed by atoms with Crippen LogP contribution in [0.4, 0.5) is 31.1 Å². The minimum Gasteiger partial charge on any atom is -0.444 e. The second kappa shape index (κ2) is 10.5. The highest BCUT2D eigenvalue weighted by Crippen LogP contribution is 2.39. The maximum Gasteiger partial charge on any atom is 0.416 e. The number of rotatable bonds is 4. The molecule has 1 fully saturated rings. The number of carbonyl (C=O) groups excluding carboxylic acids is 1. The molecule has 3 rings (SSSR count). The molecule has 1 amide bonds. The second-order valence-corrected chi connectivity index (χ2v) is 9.95. The molecule has 11 heteroatoms. The van der Waals surface area contributed by atoms with E-state index in [1.54, 1.807) is 45.0 Å². The highest BCUT2D eigenvalue weighted by molar-refractivity contribution is 6.31. The predicted molar refractivity (Wildman–Crippen MR) is 121 cm³/mol. The number of halogens is 7. The van der Waals surface area contributed by atoms with E-state index in [1.165, 1.54) is 4.90 Å². The molecule has 2 aromatic rings. The number of hydrogen-bond acceptors (Lipinski definition) is 3. The Kier molecular flexibility index (Phi) is 8.20. The molecule has 0 saturated carbocycles. The van der Waals surface area contributed by atoms with Crippen molar-refractivity contribution in [1.82, 2.24) is 4.90 Å². The Morgan fingerprint density at radius 1 is 1.00 bits per heavy atom. The van der Waals surface area contributed by atoms with Gasteiger partial charge in [0.1, 0.15) is 5.60 Å². The molecule has 36 heavy (non-hydrogen) atoms. The molecule has 0 spiro atoms. The number of benzene rings is 2. The highest BCUT2D eigenvalue weighted by Gasteiger charge is 2.40. The molecule has 4 nitrogen and oxygen atoms in total. The van der Waals surface area contributed by atoms with Gasteiger partial charge in [-0.2, -0.15) is 26.3 Å². The summed E-state index contributed by atoms with van der Waals surface area (Å²) in [6.07, 6.45) is -10.4. The predicted octanol–water partition coefficient (Wildman–Crippen LogP) is 8.04. The fraction of sp³-hybridized carbons (Fsp3) is 0.480. The van der Waals surface area contributed by atoms with Crippen molar-refractivity contribution in [1.29, 1.82) is 0 Å². The number of ether oxygens (including phenoxy) is 2. The van der Waals surface area contributed by atoms with Gasteiger partial charge in [-0.05, 0) is 69.0 Å². The number of alkyl halides is 6. The van der Waals surface area contributed by atoms with E-state index in [1.807, 2.05) is 0 Å². The lowest BCUT2D eigenvalue weighted by Gasteiger charge is -2.42. The monoisotopic (exact) mass is 537 g/mol. The standard InChI is InChI=1S/C25H26ClF6NO3/c1-23(2,3)36-22(34)33-10-6-9-20(21(33)18-7-4-5-8-19(18)26)35-14-15-11-16(24(27,28)29)13-17(12-15)25(30,31)32/h4-5,7-8,11-13,20-21H,6,9-10,14H2,1-3H3. The molecule has 1 heterocycles. The Bertz CT molecular complexity index is 1050. The van der Waals surface area contributed by atoms with Crippen LogP contribution in [-0.2, 0) is 28.4 Å². The third-order valence-electron chi connectivity index (χ3n) is 5.54. The smallest absolute Gasteiger partial charge is 0.416 e. The van der Waals surface area contributed by atoms with Crippen LogP contribution in [-0.4, -0.2) is 29.2 Å². The van der Waals surface area contributed by atoms with Crippen LogP contribution >= 0.6 is 11.6 Å². The SMILES string of the molecule is CC(C)(C)OC(=O)N1CCCC(OCc2cc(C(F)(F)F)cc(C(F)(F)F)c2)C1c1ccccc1Cl. The third kappa shape index (κ3) is 7.06. The van der Waals surface area contributed by atoms with Gasteiger partial charge < -0.3 is 9.47 Å². The molecule has 0 aromatic heterocycles. The van der Waals surface area contributed by atoms with Gasteiger partial charge in [0.05, 0.1) is 29.9 Å². The molecule has 2 unspecified atom stereocenters. The van der Waals surface area contributed by atoms with E-state index in [2.05, 4.69) is 0 Å². The quantitative estimate of drug-likeness (QED) is 0.371. The summed E-state index contributed by atoms with van der Waals surface area (Å²) in [7, 11) is 0. The van der Waals surface area contributed by atoms with Crippen LogP contribution in [0, 0.1) is 0 Å². The van der Waals surface area contributed by atoms with Gasteiger partial charge in [0.15, 0.2) is 0 Å². The molecule has 198 valence electrons. The summed E-state index contributed by atoms with van der Waals surface area (Å²) in [6.45, 7) is 4.91. The van der Waals surface area contributed by atoms with Crippen molar-refractivity contribution in [2.75, 3.05) is 6.54 Å². The summed E-state index contributed by atoms with van der Waals surface area (Å²) in [5.41, 5.74) is -3.38. The van der Waals surface area contributed by atoms with Gasteiger partial charge in [-0.1, -0.05) is 29.8 Å². The Hall–Kier alpha value is -2.46. The summed E-state index contributed by atoms with van der Waals surface area (Å²) >= 11 is 6.40. The third-order valence-corrected chi connectivity index (χ3v) is 5.88. The fourth-order valence-electron chi connectivity index (χ4n) is 4.05. The van der Waals surface area contributed by atoms with Crippen LogP contribution in [0.2, 0.25) is 5.02 Å². The van der Waals surface area contributed by atoms with Crippen molar-refractivity contribution in [3.63, 3.8) is 0 Å². The minimum atomic E-state index is -4.96. The Morgan fingerprint density at radius 3 is 2.11 bits per heavy atom.